The van der Waals surface area contributed by atoms with Crippen LogP contribution in [0.4, 0.5) is 14.5 Å². The van der Waals surface area contributed by atoms with E-state index in [0.717, 1.165) is 5.56 Å². The van der Waals surface area contributed by atoms with Gasteiger partial charge < -0.3 is 15.8 Å². The number of alkyl halides is 2. The van der Waals surface area contributed by atoms with Crippen molar-refractivity contribution >= 4 is 24.0 Å². The van der Waals surface area contributed by atoms with Crippen molar-refractivity contribution in [3.05, 3.63) is 60.2 Å². The van der Waals surface area contributed by atoms with Crippen molar-refractivity contribution in [2.75, 3.05) is 18.4 Å². The van der Waals surface area contributed by atoms with E-state index in [0.29, 0.717) is 13.1 Å². The lowest BCUT2D eigenvalue weighted by molar-refractivity contribution is -0.120. The van der Waals surface area contributed by atoms with E-state index in [9.17, 15) is 13.6 Å². The largest absolute Gasteiger partial charge is 0.433 e. The van der Waals surface area contributed by atoms with Crippen molar-refractivity contribution < 1.29 is 18.3 Å². The van der Waals surface area contributed by atoms with Gasteiger partial charge >= 0.3 is 6.61 Å². The molecular formula is C20H24ClF2N3O2. The molecule has 1 saturated heterocycles. The van der Waals surface area contributed by atoms with Crippen LogP contribution < -0.4 is 15.8 Å². The van der Waals surface area contributed by atoms with Crippen LogP contribution >= 0.6 is 12.4 Å². The van der Waals surface area contributed by atoms with Crippen molar-refractivity contribution in [3.63, 3.8) is 0 Å². The molecule has 0 radical (unpaired) electrons. The molecule has 1 fully saturated rings. The summed E-state index contributed by atoms with van der Waals surface area (Å²) in [5.41, 5.74) is 7.66. The molecule has 8 heteroatoms. The molecule has 1 unspecified atom stereocenters. The quantitative estimate of drug-likeness (QED) is 0.763. The molecule has 1 aliphatic rings. The van der Waals surface area contributed by atoms with Crippen molar-refractivity contribution in [2.24, 2.45) is 5.73 Å². The Bertz CT molecular complexity index is 779. The lowest BCUT2D eigenvalue weighted by atomic mass is 9.95. The van der Waals surface area contributed by atoms with Gasteiger partial charge in [-0.15, -0.1) is 12.4 Å². The third-order valence-corrected chi connectivity index (χ3v) is 4.91. The molecule has 0 bridgehead atoms. The zero-order valence-corrected chi connectivity index (χ0v) is 16.2. The summed E-state index contributed by atoms with van der Waals surface area (Å²) in [5, 5.41) is 2.68. The highest BCUT2D eigenvalue weighted by molar-refractivity contribution is 5.95. The number of amides is 1. The van der Waals surface area contributed by atoms with E-state index in [-0.39, 0.29) is 41.7 Å². The molecule has 1 heterocycles. The zero-order valence-electron chi connectivity index (χ0n) is 15.4. The first-order valence-corrected chi connectivity index (χ1v) is 8.85. The molecule has 28 heavy (non-hydrogen) atoms. The van der Waals surface area contributed by atoms with E-state index in [4.69, 9.17) is 5.73 Å². The maximum absolute atomic E-state index is 12.7. The summed E-state index contributed by atoms with van der Waals surface area (Å²) >= 11 is 0. The minimum atomic E-state index is -2.95. The molecule has 1 aliphatic heterocycles. The average molecular weight is 412 g/mol. The fraction of sp³-hybridized carbons (Fsp3) is 0.350. The van der Waals surface area contributed by atoms with Gasteiger partial charge in [-0.2, -0.15) is 8.78 Å². The molecule has 2 aromatic carbocycles. The van der Waals surface area contributed by atoms with E-state index in [1.807, 2.05) is 35.2 Å². The Labute approximate surface area is 169 Å². The second kappa shape index (κ2) is 9.82. The molecule has 0 aromatic heterocycles. The summed E-state index contributed by atoms with van der Waals surface area (Å²) in [6.45, 7) is 0.0771. The van der Waals surface area contributed by atoms with Crippen LogP contribution in [0, 0.1) is 0 Å². The molecule has 152 valence electrons. The van der Waals surface area contributed by atoms with Crippen LogP contribution in [0.5, 0.6) is 5.75 Å². The molecule has 3 rings (SSSR count). The lowest BCUT2D eigenvalue weighted by Crippen LogP contribution is -2.41. The first kappa shape index (κ1) is 22.1. The van der Waals surface area contributed by atoms with E-state index >= 15 is 0 Å². The van der Waals surface area contributed by atoms with Crippen molar-refractivity contribution in [2.45, 2.75) is 31.5 Å². The number of benzene rings is 2. The molecule has 2 aromatic rings. The molecule has 1 amide bonds. The molecule has 3 atom stereocenters. The van der Waals surface area contributed by atoms with Gasteiger partial charge in [0.15, 0.2) is 0 Å². The number of halogens is 3. The Morgan fingerprint density at radius 3 is 2.46 bits per heavy atom. The van der Waals surface area contributed by atoms with Crippen LogP contribution in [-0.2, 0) is 4.79 Å². The third kappa shape index (κ3) is 5.19. The van der Waals surface area contributed by atoms with Crippen LogP contribution in [-0.4, -0.2) is 42.6 Å². The van der Waals surface area contributed by atoms with E-state index < -0.39 is 12.7 Å². The highest BCUT2D eigenvalue weighted by Crippen LogP contribution is 2.29. The number of hydrogen-bond donors (Lipinski definition) is 2. The van der Waals surface area contributed by atoms with E-state index in [1.54, 1.807) is 19.1 Å². The molecule has 5 nitrogen and oxygen atoms in total. The third-order valence-electron chi connectivity index (χ3n) is 4.91. The van der Waals surface area contributed by atoms with Crippen molar-refractivity contribution in [1.82, 2.24) is 4.90 Å². The van der Waals surface area contributed by atoms with Gasteiger partial charge in [-0.3, -0.25) is 9.69 Å². The Hall–Kier alpha value is -2.22. The van der Waals surface area contributed by atoms with Gasteiger partial charge in [-0.05, 0) is 24.6 Å². The highest BCUT2D eigenvalue weighted by atomic mass is 35.5. The molecule has 0 saturated carbocycles. The van der Waals surface area contributed by atoms with Crippen LogP contribution in [0.25, 0.3) is 0 Å². The Balaban J connectivity index is 0.00000280. The SMILES string of the molecule is CC(C(=O)Nc1ccccc1OC(F)F)N1C[C@@H](N)[C@H](c2ccccc2)C1.Cl. The number of rotatable bonds is 6. The number of carbonyl (C=O) groups is 1. The maximum atomic E-state index is 12.7. The van der Waals surface area contributed by atoms with E-state index in [2.05, 4.69) is 10.1 Å². The number of anilines is 1. The topological polar surface area (TPSA) is 67.6 Å². The van der Waals surface area contributed by atoms with Crippen LogP contribution in [0.15, 0.2) is 54.6 Å². The predicted molar refractivity (Wildman–Crippen MR) is 107 cm³/mol. The fourth-order valence-corrected chi connectivity index (χ4v) is 3.40. The normalized spacial score (nSPS) is 20.5. The van der Waals surface area contributed by atoms with Gasteiger partial charge in [0.1, 0.15) is 5.75 Å². The number of nitrogens with zero attached hydrogens (tertiary/aromatic N) is 1. The van der Waals surface area contributed by atoms with Crippen LogP contribution in [0.1, 0.15) is 18.4 Å². The van der Waals surface area contributed by atoms with Gasteiger partial charge in [0.05, 0.1) is 11.7 Å². The highest BCUT2D eigenvalue weighted by Gasteiger charge is 2.35. The van der Waals surface area contributed by atoms with Gasteiger partial charge in [0, 0.05) is 25.0 Å². The number of nitrogens with two attached hydrogens (primary N) is 1. The minimum Gasteiger partial charge on any atom is -0.433 e. The first-order valence-electron chi connectivity index (χ1n) is 8.85. The Kier molecular flexibility index (Phi) is 7.74. The summed E-state index contributed by atoms with van der Waals surface area (Å²) < 4.78 is 29.5. The number of nitrogens with one attached hydrogen (secondary N) is 1. The molecule has 3 N–H and O–H groups in total. The molecule has 0 spiro atoms. The van der Waals surface area contributed by atoms with Crippen molar-refractivity contribution in [1.29, 1.82) is 0 Å². The van der Waals surface area contributed by atoms with E-state index in [1.165, 1.54) is 12.1 Å². The number of para-hydroxylation sites is 2. The second-order valence-corrected chi connectivity index (χ2v) is 6.67. The van der Waals surface area contributed by atoms with Gasteiger partial charge in [0.25, 0.3) is 0 Å². The summed E-state index contributed by atoms with van der Waals surface area (Å²) in [6, 6.07) is 15.6. The van der Waals surface area contributed by atoms with Crippen LogP contribution in [0.3, 0.4) is 0 Å². The van der Waals surface area contributed by atoms with Crippen molar-refractivity contribution in [3.8, 4) is 5.75 Å². The maximum Gasteiger partial charge on any atom is 0.387 e. The Morgan fingerprint density at radius 2 is 1.79 bits per heavy atom. The summed E-state index contributed by atoms with van der Waals surface area (Å²) in [6.07, 6.45) is 0. The fourth-order valence-electron chi connectivity index (χ4n) is 3.40. The second-order valence-electron chi connectivity index (χ2n) is 6.67. The number of hydrogen-bond acceptors (Lipinski definition) is 4. The lowest BCUT2D eigenvalue weighted by Gasteiger charge is -2.24. The van der Waals surface area contributed by atoms with Gasteiger partial charge in [-0.25, -0.2) is 0 Å². The van der Waals surface area contributed by atoms with Gasteiger partial charge in [0.2, 0.25) is 5.91 Å². The molecular weight excluding hydrogens is 388 g/mol. The summed E-state index contributed by atoms with van der Waals surface area (Å²) in [5.74, 6) is -0.203. The van der Waals surface area contributed by atoms with Crippen LogP contribution in [0.2, 0.25) is 0 Å². The number of ether oxygens (including phenoxy) is 1. The summed E-state index contributed by atoms with van der Waals surface area (Å²) in [4.78, 5) is 14.7. The average Bonchev–Trinajstić information content (AvgIpc) is 3.04. The number of carbonyl (C=O) groups excluding carboxylic acids is 1. The smallest absolute Gasteiger partial charge is 0.387 e. The summed E-state index contributed by atoms with van der Waals surface area (Å²) in [7, 11) is 0. The first-order chi connectivity index (χ1) is 13.0. The van der Waals surface area contributed by atoms with Gasteiger partial charge in [-0.1, -0.05) is 42.5 Å². The monoisotopic (exact) mass is 411 g/mol. The zero-order chi connectivity index (χ0) is 19.4. The predicted octanol–water partition coefficient (Wildman–Crippen LogP) is 3.46. The molecule has 0 aliphatic carbocycles. The number of likely N-dealkylation sites (tertiary alicyclic amines) is 1. The standard InChI is InChI=1S/C20H23F2N3O2.ClH/c1-13(19(26)24-17-9-5-6-10-18(17)27-20(21)22)25-11-15(16(23)12-25)14-7-3-2-4-8-14;/h2-10,13,15-16,20H,11-12,23H2,1H3,(H,24,26);1H/t13?,15-,16+;/m0./s1. The minimum absolute atomic E-state index is 0. The Morgan fingerprint density at radius 1 is 1.14 bits per heavy atom.